The highest BCUT2D eigenvalue weighted by Gasteiger charge is 2.38. The summed E-state index contributed by atoms with van der Waals surface area (Å²) in [5.74, 6) is -1.19. The van der Waals surface area contributed by atoms with Crippen molar-refractivity contribution in [2.75, 3.05) is 6.54 Å². The van der Waals surface area contributed by atoms with Gasteiger partial charge in [-0.05, 0) is 43.5 Å². The highest BCUT2D eigenvalue weighted by molar-refractivity contribution is 5.32. The molecule has 5 heteroatoms. The summed E-state index contributed by atoms with van der Waals surface area (Å²) >= 11 is 0. The Morgan fingerprint density at radius 2 is 2.05 bits per heavy atom. The predicted octanol–water partition coefficient (Wildman–Crippen LogP) is 4.22. The molecule has 2 rings (SSSR count). The molecule has 1 aliphatic rings. The van der Waals surface area contributed by atoms with Gasteiger partial charge in [0.2, 0.25) is 0 Å². The fraction of sp³-hybridized carbons (Fsp3) is 0.571. The first-order valence-electron chi connectivity index (χ1n) is 6.51. The summed E-state index contributed by atoms with van der Waals surface area (Å²) < 4.78 is 51.3. The third kappa shape index (κ3) is 2.76. The van der Waals surface area contributed by atoms with Crippen molar-refractivity contribution in [1.82, 2.24) is 5.32 Å². The van der Waals surface area contributed by atoms with Crippen molar-refractivity contribution >= 4 is 0 Å². The van der Waals surface area contributed by atoms with Crippen LogP contribution in [0.25, 0.3) is 0 Å². The molecule has 1 aromatic carbocycles. The summed E-state index contributed by atoms with van der Waals surface area (Å²) in [6.45, 7) is 2.84. The van der Waals surface area contributed by atoms with E-state index in [0.29, 0.717) is 5.56 Å². The Hall–Kier alpha value is -1.10. The molecule has 19 heavy (non-hydrogen) atoms. The molecule has 0 aromatic heterocycles. The first-order valence-corrected chi connectivity index (χ1v) is 6.51. The van der Waals surface area contributed by atoms with E-state index in [4.69, 9.17) is 0 Å². The second-order valence-corrected chi connectivity index (χ2v) is 5.05. The molecule has 1 heterocycles. The Labute approximate surface area is 110 Å². The second-order valence-electron chi connectivity index (χ2n) is 5.05. The van der Waals surface area contributed by atoms with Gasteiger partial charge in [0.25, 0.3) is 0 Å². The molecule has 1 aromatic rings. The number of hydrogen-bond donors (Lipinski definition) is 1. The van der Waals surface area contributed by atoms with Crippen LogP contribution in [0, 0.1) is 5.82 Å². The molecule has 1 saturated heterocycles. The van der Waals surface area contributed by atoms with E-state index in [1.54, 1.807) is 0 Å². The predicted molar refractivity (Wildman–Crippen MR) is 65.2 cm³/mol. The quantitative estimate of drug-likeness (QED) is 0.814. The van der Waals surface area contributed by atoms with E-state index in [0.717, 1.165) is 44.4 Å². The first-order chi connectivity index (χ1) is 8.89. The van der Waals surface area contributed by atoms with Crippen molar-refractivity contribution in [3.05, 3.63) is 35.1 Å². The summed E-state index contributed by atoms with van der Waals surface area (Å²) in [5, 5.41) is 3.32. The van der Waals surface area contributed by atoms with Gasteiger partial charge in [0.1, 0.15) is 5.82 Å². The zero-order chi connectivity index (χ0) is 14.1. The van der Waals surface area contributed by atoms with Crippen molar-refractivity contribution in [1.29, 1.82) is 0 Å². The van der Waals surface area contributed by atoms with Gasteiger partial charge in [0.05, 0.1) is 5.56 Å². The second kappa shape index (κ2) is 5.12. The van der Waals surface area contributed by atoms with Gasteiger partial charge in [-0.1, -0.05) is 19.4 Å². The average Bonchev–Trinajstić information content (AvgIpc) is 2.77. The van der Waals surface area contributed by atoms with Crippen LogP contribution in [0.4, 0.5) is 17.6 Å². The molecule has 1 unspecified atom stereocenters. The minimum absolute atomic E-state index is 0.361. The Morgan fingerprint density at radius 1 is 1.32 bits per heavy atom. The summed E-state index contributed by atoms with van der Waals surface area (Å²) in [6.07, 6.45) is -1.13. The Bertz CT molecular complexity index is 447. The van der Waals surface area contributed by atoms with Crippen molar-refractivity contribution < 1.29 is 17.6 Å². The van der Waals surface area contributed by atoms with Crippen molar-refractivity contribution in [2.45, 2.75) is 44.3 Å². The topological polar surface area (TPSA) is 12.0 Å². The standard InChI is InChI=1S/C14H17F4N/c1-2-6-13(7-3-8-19-13)10-4-5-11(12(15)9-10)14(16,17)18/h4-5,9,19H,2-3,6-8H2,1H3. The third-order valence-corrected chi connectivity index (χ3v) is 3.75. The molecular weight excluding hydrogens is 258 g/mol. The summed E-state index contributed by atoms with van der Waals surface area (Å²) in [7, 11) is 0. The van der Waals surface area contributed by atoms with Gasteiger partial charge in [-0.25, -0.2) is 4.39 Å². The highest BCUT2D eigenvalue weighted by atomic mass is 19.4. The van der Waals surface area contributed by atoms with Crippen LogP contribution in [0.2, 0.25) is 0 Å². The molecule has 1 nitrogen and oxygen atoms in total. The van der Waals surface area contributed by atoms with Crippen LogP contribution in [-0.2, 0) is 11.7 Å². The number of halogens is 4. The molecule has 1 N–H and O–H groups in total. The first kappa shape index (κ1) is 14.3. The lowest BCUT2D eigenvalue weighted by atomic mass is 9.84. The van der Waals surface area contributed by atoms with Crippen molar-refractivity contribution in [2.24, 2.45) is 0 Å². The minimum Gasteiger partial charge on any atom is -0.307 e. The van der Waals surface area contributed by atoms with Gasteiger partial charge in [0.15, 0.2) is 0 Å². The van der Waals surface area contributed by atoms with Crippen molar-refractivity contribution in [3.63, 3.8) is 0 Å². The molecule has 0 spiro atoms. The fourth-order valence-corrected chi connectivity index (χ4v) is 2.88. The van der Waals surface area contributed by atoms with E-state index in [-0.39, 0.29) is 5.54 Å². The zero-order valence-electron chi connectivity index (χ0n) is 10.8. The third-order valence-electron chi connectivity index (χ3n) is 3.75. The smallest absolute Gasteiger partial charge is 0.307 e. The highest BCUT2D eigenvalue weighted by Crippen LogP contribution is 2.38. The molecule has 1 aliphatic heterocycles. The van der Waals surface area contributed by atoms with E-state index in [2.05, 4.69) is 5.32 Å². The van der Waals surface area contributed by atoms with Crippen LogP contribution in [0.5, 0.6) is 0 Å². The maximum absolute atomic E-state index is 13.7. The Balaban J connectivity index is 2.38. The number of nitrogens with one attached hydrogen (secondary N) is 1. The molecule has 0 bridgehead atoms. The van der Waals surface area contributed by atoms with Gasteiger partial charge >= 0.3 is 6.18 Å². The zero-order valence-corrected chi connectivity index (χ0v) is 10.8. The van der Waals surface area contributed by atoms with Gasteiger partial charge in [-0.3, -0.25) is 0 Å². The molecule has 0 radical (unpaired) electrons. The summed E-state index contributed by atoms with van der Waals surface area (Å²) in [4.78, 5) is 0. The van der Waals surface area contributed by atoms with Crippen LogP contribution in [0.1, 0.15) is 43.7 Å². The molecule has 106 valence electrons. The molecule has 0 saturated carbocycles. The number of alkyl halides is 3. The normalized spacial score (nSPS) is 23.8. The lowest BCUT2D eigenvalue weighted by molar-refractivity contribution is -0.140. The number of hydrogen-bond acceptors (Lipinski definition) is 1. The lowest BCUT2D eigenvalue weighted by Crippen LogP contribution is -2.36. The van der Waals surface area contributed by atoms with Gasteiger partial charge in [-0.15, -0.1) is 0 Å². The average molecular weight is 275 g/mol. The molecule has 1 fully saturated rings. The SMILES string of the molecule is CCCC1(c2ccc(C(F)(F)F)c(F)c2)CCCN1. The van der Waals surface area contributed by atoms with Gasteiger partial charge in [-0.2, -0.15) is 13.2 Å². The molecule has 1 atom stereocenters. The monoisotopic (exact) mass is 275 g/mol. The van der Waals surface area contributed by atoms with Crippen LogP contribution in [-0.4, -0.2) is 6.54 Å². The minimum atomic E-state index is -4.64. The van der Waals surface area contributed by atoms with E-state index in [9.17, 15) is 17.6 Å². The van der Waals surface area contributed by atoms with E-state index in [1.807, 2.05) is 6.92 Å². The van der Waals surface area contributed by atoms with Crippen LogP contribution in [0.15, 0.2) is 18.2 Å². The fourth-order valence-electron chi connectivity index (χ4n) is 2.88. The van der Waals surface area contributed by atoms with Gasteiger partial charge < -0.3 is 5.32 Å². The molecule has 0 aliphatic carbocycles. The van der Waals surface area contributed by atoms with E-state index in [1.165, 1.54) is 6.07 Å². The molecule has 0 amide bonds. The van der Waals surface area contributed by atoms with Gasteiger partial charge in [0, 0.05) is 5.54 Å². The maximum Gasteiger partial charge on any atom is 0.419 e. The summed E-state index contributed by atoms with van der Waals surface area (Å²) in [6, 6.07) is 3.29. The largest absolute Gasteiger partial charge is 0.419 e. The van der Waals surface area contributed by atoms with Crippen LogP contribution < -0.4 is 5.32 Å². The Kier molecular flexibility index (Phi) is 3.85. The van der Waals surface area contributed by atoms with Crippen molar-refractivity contribution in [3.8, 4) is 0 Å². The van der Waals surface area contributed by atoms with E-state index < -0.39 is 17.6 Å². The molecular formula is C14H17F4N. The maximum atomic E-state index is 13.7. The van der Waals surface area contributed by atoms with Crippen LogP contribution >= 0.6 is 0 Å². The van der Waals surface area contributed by atoms with E-state index >= 15 is 0 Å². The number of benzene rings is 1. The lowest BCUT2D eigenvalue weighted by Gasteiger charge is -2.30. The number of rotatable bonds is 3. The Morgan fingerprint density at radius 3 is 2.53 bits per heavy atom. The summed E-state index contributed by atoms with van der Waals surface area (Å²) in [5.41, 5.74) is -0.932. The van der Waals surface area contributed by atoms with Crippen LogP contribution in [0.3, 0.4) is 0 Å².